The summed E-state index contributed by atoms with van der Waals surface area (Å²) in [5.74, 6) is -2.04. The Morgan fingerprint density at radius 2 is 1.60 bits per heavy atom. The largest absolute Gasteiger partial charge is 0.465 e. The van der Waals surface area contributed by atoms with Crippen LogP contribution in [0.2, 0.25) is 0 Å². The normalized spacial score (nSPS) is 10.1. The Balaban J connectivity index is 4.28. The van der Waals surface area contributed by atoms with Gasteiger partial charge >= 0.3 is 11.9 Å². The highest BCUT2D eigenvalue weighted by molar-refractivity contribution is 9.06. The monoisotopic (exact) mass is 282 g/mol. The van der Waals surface area contributed by atoms with Crippen molar-refractivity contribution in [2.45, 2.75) is 20.3 Å². The van der Waals surface area contributed by atoms with E-state index >= 15 is 0 Å². The molecule has 6 heteroatoms. The molecule has 88 valence electrons. The summed E-state index contributed by atoms with van der Waals surface area (Å²) in [6, 6.07) is 0. The molecule has 5 nitrogen and oxygen atoms in total. The average Bonchev–Trinajstić information content (AvgIpc) is 2.19. The number of rotatable bonds is 7. The van der Waals surface area contributed by atoms with Gasteiger partial charge in [-0.1, -0.05) is 0 Å². The molecule has 0 rings (SSSR count). The summed E-state index contributed by atoms with van der Waals surface area (Å²) in [5, 5.41) is 0. The van der Waals surface area contributed by atoms with Gasteiger partial charge in [0.05, 0.1) is 36.1 Å². The van der Waals surface area contributed by atoms with E-state index in [-0.39, 0.29) is 26.2 Å². The second-order valence-electron chi connectivity index (χ2n) is 2.66. The second-order valence-corrected chi connectivity index (χ2v) is 3.12. The van der Waals surface area contributed by atoms with Crippen molar-refractivity contribution in [1.29, 1.82) is 0 Å². The molecule has 0 atom stereocenters. The van der Waals surface area contributed by atoms with Crippen molar-refractivity contribution in [1.82, 2.24) is 0 Å². The van der Waals surface area contributed by atoms with Gasteiger partial charge in [-0.15, -0.1) is 0 Å². The van der Waals surface area contributed by atoms with E-state index in [2.05, 4.69) is 20.1 Å². The maximum Gasteiger partial charge on any atom is 0.320 e. The van der Waals surface area contributed by atoms with E-state index in [1.165, 1.54) is 0 Å². The summed E-state index contributed by atoms with van der Waals surface area (Å²) < 4.78 is 14.1. The lowest BCUT2D eigenvalue weighted by atomic mass is 10.1. The minimum Gasteiger partial charge on any atom is -0.465 e. The fourth-order valence-electron chi connectivity index (χ4n) is 0.980. The zero-order chi connectivity index (χ0) is 11.7. The van der Waals surface area contributed by atoms with Crippen LogP contribution in [-0.2, 0) is 22.9 Å². The SMILES string of the molecule is CCOC(=O)C(CCOBr)C(=O)OCC. The number of ether oxygens (including phenoxy) is 2. The van der Waals surface area contributed by atoms with Crippen molar-refractivity contribution in [3.63, 3.8) is 0 Å². The van der Waals surface area contributed by atoms with Crippen LogP contribution in [-0.4, -0.2) is 31.8 Å². The molecule has 0 aromatic heterocycles. The Morgan fingerprint density at radius 3 is 1.93 bits per heavy atom. The molecule has 0 saturated heterocycles. The van der Waals surface area contributed by atoms with E-state index in [4.69, 9.17) is 9.47 Å². The lowest BCUT2D eigenvalue weighted by molar-refractivity contribution is -0.162. The van der Waals surface area contributed by atoms with Gasteiger partial charge in [-0.25, -0.2) is 0 Å². The van der Waals surface area contributed by atoms with Crippen molar-refractivity contribution in [3.8, 4) is 0 Å². The number of hydrogen-bond acceptors (Lipinski definition) is 5. The van der Waals surface area contributed by atoms with E-state index in [1.54, 1.807) is 13.8 Å². The van der Waals surface area contributed by atoms with Crippen LogP contribution in [0, 0.1) is 5.92 Å². The first-order valence-electron chi connectivity index (χ1n) is 4.74. The molecule has 0 aromatic rings. The van der Waals surface area contributed by atoms with E-state index in [0.29, 0.717) is 0 Å². The fraction of sp³-hybridized carbons (Fsp3) is 0.778. The second kappa shape index (κ2) is 8.67. The molecule has 0 aromatic carbocycles. The minimum atomic E-state index is -0.901. The topological polar surface area (TPSA) is 61.8 Å². The standard InChI is InChI=1S/C9H15BrO5/c1-3-13-8(11)7(5-6-15-10)9(12)14-4-2/h7H,3-6H2,1-2H3. The van der Waals surface area contributed by atoms with Gasteiger partial charge in [-0.3, -0.25) is 9.59 Å². The van der Waals surface area contributed by atoms with Crippen LogP contribution in [0.4, 0.5) is 0 Å². The molecule has 0 aliphatic carbocycles. The predicted molar refractivity (Wildman–Crippen MR) is 56.3 cm³/mol. The van der Waals surface area contributed by atoms with Gasteiger partial charge in [0.2, 0.25) is 0 Å². The highest BCUT2D eigenvalue weighted by atomic mass is 79.9. The summed E-state index contributed by atoms with van der Waals surface area (Å²) in [6.45, 7) is 4.08. The molecule has 15 heavy (non-hydrogen) atoms. The smallest absolute Gasteiger partial charge is 0.320 e. The molecule has 0 saturated carbocycles. The average molecular weight is 283 g/mol. The molecule has 0 aliphatic rings. The highest BCUT2D eigenvalue weighted by Crippen LogP contribution is 2.10. The van der Waals surface area contributed by atoms with Crippen molar-refractivity contribution in [2.24, 2.45) is 5.92 Å². The molecule has 0 fully saturated rings. The zero-order valence-electron chi connectivity index (χ0n) is 8.82. The van der Waals surface area contributed by atoms with Crippen LogP contribution in [0.5, 0.6) is 0 Å². The van der Waals surface area contributed by atoms with Crippen molar-refractivity contribution < 1.29 is 22.9 Å². The molecule has 0 unspecified atom stereocenters. The van der Waals surface area contributed by atoms with Crippen LogP contribution in [0.1, 0.15) is 20.3 Å². The molecular formula is C9H15BrO5. The molecule has 0 spiro atoms. The Labute approximate surface area is 97.5 Å². The lowest BCUT2D eigenvalue weighted by Gasteiger charge is -2.13. The van der Waals surface area contributed by atoms with Crippen molar-refractivity contribution in [2.75, 3.05) is 19.8 Å². The zero-order valence-corrected chi connectivity index (χ0v) is 10.4. The summed E-state index contributed by atoms with van der Waals surface area (Å²) in [6.07, 6.45) is 0.239. The van der Waals surface area contributed by atoms with Crippen LogP contribution < -0.4 is 0 Å². The third-order valence-corrected chi connectivity index (χ3v) is 1.95. The predicted octanol–water partition coefficient (Wildman–Crippen LogP) is 1.45. The summed E-state index contributed by atoms with van der Waals surface area (Å²) in [7, 11) is 0. The quantitative estimate of drug-likeness (QED) is 0.522. The molecule has 0 bridgehead atoms. The third kappa shape index (κ3) is 5.74. The lowest BCUT2D eigenvalue weighted by Crippen LogP contribution is -2.29. The van der Waals surface area contributed by atoms with Gasteiger partial charge in [-0.05, 0) is 20.3 Å². The summed E-state index contributed by atoms with van der Waals surface area (Å²) in [5.41, 5.74) is 0. The van der Waals surface area contributed by atoms with Gasteiger partial charge in [-0.2, -0.15) is 0 Å². The van der Waals surface area contributed by atoms with Gasteiger partial charge in [0, 0.05) is 0 Å². The molecule has 0 radical (unpaired) electrons. The van der Waals surface area contributed by atoms with Crippen molar-refractivity contribution >= 4 is 28.2 Å². The summed E-state index contributed by atoms with van der Waals surface area (Å²) >= 11 is 2.75. The van der Waals surface area contributed by atoms with E-state index in [1.807, 2.05) is 0 Å². The van der Waals surface area contributed by atoms with Crippen LogP contribution in [0.25, 0.3) is 0 Å². The fourth-order valence-corrected chi connectivity index (χ4v) is 1.17. The van der Waals surface area contributed by atoms with E-state index < -0.39 is 17.9 Å². The molecule has 0 aliphatic heterocycles. The third-order valence-electron chi connectivity index (χ3n) is 1.63. The number of carbonyl (C=O) groups excluding carboxylic acids is 2. The molecule has 0 heterocycles. The Bertz CT molecular complexity index is 189. The molecule has 0 N–H and O–H groups in total. The number of carbonyl (C=O) groups is 2. The van der Waals surface area contributed by atoms with E-state index in [9.17, 15) is 9.59 Å². The van der Waals surface area contributed by atoms with Gasteiger partial charge in [0.15, 0.2) is 5.92 Å². The van der Waals surface area contributed by atoms with Crippen LogP contribution in [0.15, 0.2) is 0 Å². The van der Waals surface area contributed by atoms with E-state index in [0.717, 1.165) is 0 Å². The highest BCUT2D eigenvalue weighted by Gasteiger charge is 2.28. The van der Waals surface area contributed by atoms with Gasteiger partial charge in [0.25, 0.3) is 0 Å². The number of halogens is 1. The molecular weight excluding hydrogens is 268 g/mol. The minimum absolute atomic E-state index is 0.238. The van der Waals surface area contributed by atoms with Gasteiger partial charge < -0.3 is 13.3 Å². The van der Waals surface area contributed by atoms with Gasteiger partial charge in [0.1, 0.15) is 0 Å². The Morgan fingerprint density at radius 1 is 1.13 bits per heavy atom. The molecule has 0 amide bonds. The summed E-state index contributed by atoms with van der Waals surface area (Å²) in [4.78, 5) is 22.7. The first-order chi connectivity index (χ1) is 7.17. The first kappa shape index (κ1) is 14.4. The maximum atomic E-state index is 11.4. The number of esters is 2. The van der Waals surface area contributed by atoms with Crippen molar-refractivity contribution in [3.05, 3.63) is 0 Å². The maximum absolute atomic E-state index is 11.4. The Kier molecular flexibility index (Phi) is 8.31. The number of hydrogen-bond donors (Lipinski definition) is 0. The Hall–Kier alpha value is -0.620. The van der Waals surface area contributed by atoms with Crippen LogP contribution in [0.3, 0.4) is 0 Å². The van der Waals surface area contributed by atoms with Crippen LogP contribution >= 0.6 is 16.3 Å². The first-order valence-corrected chi connectivity index (χ1v) is 5.38.